The van der Waals surface area contributed by atoms with Gasteiger partial charge in [-0.15, -0.1) is 0 Å². The lowest BCUT2D eigenvalue weighted by Gasteiger charge is -2.06. The van der Waals surface area contributed by atoms with Gasteiger partial charge in [-0.3, -0.25) is 4.68 Å². The average Bonchev–Trinajstić information content (AvgIpc) is 2.42. The molecule has 0 spiro atoms. The number of hydrogen-bond donors (Lipinski definition) is 0. The molecule has 0 aliphatic rings. The van der Waals surface area contributed by atoms with E-state index in [0.29, 0.717) is 5.92 Å². The Morgan fingerprint density at radius 3 is 2.64 bits per heavy atom. The highest BCUT2D eigenvalue weighted by molar-refractivity contribution is 5.82. The molecule has 14 heavy (non-hydrogen) atoms. The number of nitrogens with zero attached hydrogens (tertiary/aromatic N) is 2. The monoisotopic (exact) mass is 188 g/mol. The number of aryl methyl sites for hydroxylation is 2. The minimum absolute atomic E-state index is 0.535. The second-order valence-corrected chi connectivity index (χ2v) is 4.25. The highest BCUT2D eigenvalue weighted by Crippen LogP contribution is 2.25. The van der Waals surface area contributed by atoms with E-state index in [4.69, 9.17) is 0 Å². The van der Waals surface area contributed by atoms with Gasteiger partial charge < -0.3 is 0 Å². The molecule has 0 N–H and O–H groups in total. The van der Waals surface area contributed by atoms with Gasteiger partial charge in [0.1, 0.15) is 0 Å². The van der Waals surface area contributed by atoms with Crippen LogP contribution in [0.3, 0.4) is 0 Å². The van der Waals surface area contributed by atoms with Crippen LogP contribution < -0.4 is 0 Å². The molecule has 0 bridgehead atoms. The van der Waals surface area contributed by atoms with Crippen molar-refractivity contribution < 1.29 is 0 Å². The van der Waals surface area contributed by atoms with Crippen LogP contribution in [0.25, 0.3) is 10.9 Å². The van der Waals surface area contributed by atoms with E-state index in [1.165, 1.54) is 16.5 Å². The Hall–Kier alpha value is -1.31. The molecule has 2 heteroatoms. The molecule has 2 nitrogen and oxygen atoms in total. The zero-order valence-corrected chi connectivity index (χ0v) is 9.20. The first-order valence-electron chi connectivity index (χ1n) is 5.02. The van der Waals surface area contributed by atoms with Crippen molar-refractivity contribution in [3.8, 4) is 0 Å². The predicted molar refractivity (Wildman–Crippen MR) is 59.5 cm³/mol. The van der Waals surface area contributed by atoms with Crippen molar-refractivity contribution in [1.29, 1.82) is 0 Å². The molecule has 0 fully saturated rings. The summed E-state index contributed by atoms with van der Waals surface area (Å²) in [4.78, 5) is 0. The quantitative estimate of drug-likeness (QED) is 0.672. The van der Waals surface area contributed by atoms with Gasteiger partial charge in [-0.25, -0.2) is 0 Å². The average molecular weight is 188 g/mol. The van der Waals surface area contributed by atoms with Crippen molar-refractivity contribution in [1.82, 2.24) is 9.78 Å². The Bertz CT molecular complexity index is 466. The number of fused-ring (bicyclic) bond motifs is 1. The maximum absolute atomic E-state index is 4.49. The highest BCUT2D eigenvalue weighted by atomic mass is 15.2. The first-order valence-corrected chi connectivity index (χ1v) is 5.02. The Balaban J connectivity index is 2.79. The Morgan fingerprint density at radius 1 is 1.29 bits per heavy atom. The van der Waals surface area contributed by atoms with E-state index in [9.17, 15) is 0 Å². The van der Waals surface area contributed by atoms with E-state index < -0.39 is 0 Å². The predicted octanol–water partition coefficient (Wildman–Crippen LogP) is 3.01. The van der Waals surface area contributed by atoms with Crippen LogP contribution in [-0.4, -0.2) is 9.78 Å². The maximum atomic E-state index is 4.49. The summed E-state index contributed by atoms with van der Waals surface area (Å²) < 4.78 is 1.88. The Kier molecular flexibility index (Phi) is 2.06. The van der Waals surface area contributed by atoms with Gasteiger partial charge in [-0.05, 0) is 24.5 Å². The highest BCUT2D eigenvalue weighted by Gasteiger charge is 2.08. The van der Waals surface area contributed by atoms with E-state index >= 15 is 0 Å². The molecule has 1 aromatic heterocycles. The van der Waals surface area contributed by atoms with Gasteiger partial charge >= 0.3 is 0 Å². The molecule has 0 radical (unpaired) electrons. The molecule has 2 aromatic rings. The third-order valence-corrected chi connectivity index (χ3v) is 2.52. The van der Waals surface area contributed by atoms with Gasteiger partial charge in [0, 0.05) is 18.6 Å². The molecule has 1 aromatic carbocycles. The van der Waals surface area contributed by atoms with Crippen molar-refractivity contribution in [2.24, 2.45) is 7.05 Å². The lowest BCUT2D eigenvalue weighted by molar-refractivity contribution is 0.773. The molecule has 0 atom stereocenters. The summed E-state index contributed by atoms with van der Waals surface area (Å²) >= 11 is 0. The first-order chi connectivity index (χ1) is 6.58. The van der Waals surface area contributed by atoms with Crippen LogP contribution in [-0.2, 0) is 7.05 Å². The van der Waals surface area contributed by atoms with Crippen LogP contribution in [0, 0.1) is 6.92 Å². The zero-order chi connectivity index (χ0) is 10.3. The topological polar surface area (TPSA) is 17.8 Å². The van der Waals surface area contributed by atoms with E-state index in [0.717, 1.165) is 5.52 Å². The van der Waals surface area contributed by atoms with Crippen LogP contribution in [0.2, 0.25) is 0 Å². The van der Waals surface area contributed by atoms with Gasteiger partial charge in [-0.2, -0.15) is 5.10 Å². The summed E-state index contributed by atoms with van der Waals surface area (Å²) in [6.07, 6.45) is 2.08. The molecule has 0 saturated heterocycles. The molecule has 0 saturated carbocycles. The zero-order valence-electron chi connectivity index (χ0n) is 9.20. The van der Waals surface area contributed by atoms with Crippen molar-refractivity contribution >= 4 is 10.9 Å². The largest absolute Gasteiger partial charge is 0.275 e. The minimum atomic E-state index is 0.535. The Labute approximate surface area is 84.5 Å². The van der Waals surface area contributed by atoms with Crippen LogP contribution in [0.5, 0.6) is 0 Å². The van der Waals surface area contributed by atoms with Crippen molar-refractivity contribution in [3.63, 3.8) is 0 Å². The molecular weight excluding hydrogens is 172 g/mol. The molecule has 0 aliphatic carbocycles. The normalized spacial score (nSPS) is 11.5. The van der Waals surface area contributed by atoms with Gasteiger partial charge in [0.05, 0.1) is 5.52 Å². The van der Waals surface area contributed by atoms with Crippen LogP contribution >= 0.6 is 0 Å². The van der Waals surface area contributed by atoms with E-state index in [1.807, 2.05) is 11.7 Å². The van der Waals surface area contributed by atoms with Crippen LogP contribution in [0.4, 0.5) is 0 Å². The van der Waals surface area contributed by atoms with Crippen molar-refractivity contribution in [2.45, 2.75) is 26.7 Å². The van der Waals surface area contributed by atoms with E-state index in [1.54, 1.807) is 0 Å². The molecule has 2 rings (SSSR count). The summed E-state index contributed by atoms with van der Waals surface area (Å²) in [6, 6.07) is 4.42. The van der Waals surface area contributed by atoms with Crippen LogP contribution in [0.1, 0.15) is 30.9 Å². The number of hydrogen-bond acceptors (Lipinski definition) is 1. The molecule has 0 amide bonds. The standard InChI is InChI=1S/C12H16N2/c1-8(2)11-6-9(3)5-10-7-14(4)13-12(10)11/h5-8H,1-4H3. The van der Waals surface area contributed by atoms with E-state index in [2.05, 4.69) is 44.2 Å². The second kappa shape index (κ2) is 3.12. The summed E-state index contributed by atoms with van der Waals surface area (Å²) in [7, 11) is 1.97. The van der Waals surface area contributed by atoms with Gasteiger partial charge in [0.15, 0.2) is 0 Å². The second-order valence-electron chi connectivity index (χ2n) is 4.25. The number of benzene rings is 1. The minimum Gasteiger partial charge on any atom is -0.275 e. The van der Waals surface area contributed by atoms with Gasteiger partial charge in [-0.1, -0.05) is 25.5 Å². The fourth-order valence-corrected chi connectivity index (χ4v) is 1.88. The maximum Gasteiger partial charge on any atom is 0.0957 e. The number of rotatable bonds is 1. The fraction of sp³-hybridized carbons (Fsp3) is 0.417. The lowest BCUT2D eigenvalue weighted by atomic mass is 9.98. The van der Waals surface area contributed by atoms with Crippen molar-refractivity contribution in [3.05, 3.63) is 29.5 Å². The molecule has 1 heterocycles. The number of aromatic nitrogens is 2. The summed E-state index contributed by atoms with van der Waals surface area (Å²) in [5.41, 5.74) is 3.81. The third kappa shape index (κ3) is 1.41. The lowest BCUT2D eigenvalue weighted by Crippen LogP contribution is -1.92. The van der Waals surface area contributed by atoms with Gasteiger partial charge in [0.25, 0.3) is 0 Å². The summed E-state index contributed by atoms with van der Waals surface area (Å²) in [6.45, 7) is 6.56. The van der Waals surface area contributed by atoms with Crippen LogP contribution in [0.15, 0.2) is 18.3 Å². The summed E-state index contributed by atoms with van der Waals surface area (Å²) in [5.74, 6) is 0.535. The molecule has 0 unspecified atom stereocenters. The fourth-order valence-electron chi connectivity index (χ4n) is 1.88. The molecule has 74 valence electrons. The Morgan fingerprint density at radius 2 is 2.00 bits per heavy atom. The SMILES string of the molecule is Cc1cc(C(C)C)c2nn(C)cc2c1. The van der Waals surface area contributed by atoms with Gasteiger partial charge in [0.2, 0.25) is 0 Å². The van der Waals surface area contributed by atoms with E-state index in [-0.39, 0.29) is 0 Å². The van der Waals surface area contributed by atoms with Crippen molar-refractivity contribution in [2.75, 3.05) is 0 Å². The first kappa shape index (κ1) is 9.25. The molecule has 0 aliphatic heterocycles. The third-order valence-electron chi connectivity index (χ3n) is 2.52. The smallest absolute Gasteiger partial charge is 0.0957 e. The molecular formula is C12H16N2. The summed E-state index contributed by atoms with van der Waals surface area (Å²) in [5, 5.41) is 5.74.